The maximum atomic E-state index is 4.14. The van der Waals surface area contributed by atoms with Gasteiger partial charge in [-0.15, -0.1) is 0 Å². The van der Waals surface area contributed by atoms with Crippen LogP contribution in [0.1, 0.15) is 27.2 Å². The van der Waals surface area contributed by atoms with E-state index in [9.17, 15) is 0 Å². The van der Waals surface area contributed by atoms with Gasteiger partial charge in [-0.05, 0) is 32.6 Å². The molecule has 0 bridgehead atoms. The van der Waals surface area contributed by atoms with Gasteiger partial charge in [-0.3, -0.25) is 9.80 Å². The van der Waals surface area contributed by atoms with E-state index in [1.165, 1.54) is 12.1 Å². The van der Waals surface area contributed by atoms with Gasteiger partial charge in [-0.25, -0.2) is 0 Å². The molecular weight excluding hydrogens is 454 g/mol. The van der Waals surface area contributed by atoms with Crippen molar-refractivity contribution in [2.24, 2.45) is 16.7 Å². The van der Waals surface area contributed by atoms with Gasteiger partial charge in [-0.1, -0.05) is 70.8 Å². The standard InChI is InChI=1S/C21H31Br2N3/c1-14-17-20(2,13-25(5)18(14)22)21(3)16(11-12-24(4)19(21)23)26(17)15-9-7-6-8-10-15/h6-10,14,16-19H,11-13H2,1-5H3. The van der Waals surface area contributed by atoms with E-state index >= 15 is 0 Å². The quantitative estimate of drug-likeness (QED) is 0.425. The third-order valence-electron chi connectivity index (χ3n) is 7.83. The second-order valence-corrected chi connectivity index (χ2v) is 11.0. The number of hydrogen-bond donors (Lipinski definition) is 0. The van der Waals surface area contributed by atoms with E-state index < -0.39 is 0 Å². The lowest BCUT2D eigenvalue weighted by atomic mass is 9.57. The lowest BCUT2D eigenvalue weighted by Crippen LogP contribution is -2.64. The van der Waals surface area contributed by atoms with E-state index in [-0.39, 0.29) is 10.8 Å². The van der Waals surface area contributed by atoms with E-state index in [1.54, 1.807) is 0 Å². The maximum absolute atomic E-state index is 4.14. The summed E-state index contributed by atoms with van der Waals surface area (Å²) in [5, 5.41) is 0. The van der Waals surface area contributed by atoms with E-state index in [0.717, 1.165) is 13.1 Å². The number of halogens is 2. The van der Waals surface area contributed by atoms with Crippen molar-refractivity contribution >= 4 is 37.5 Å². The third-order valence-corrected chi connectivity index (χ3v) is 11.0. The van der Waals surface area contributed by atoms with Crippen molar-refractivity contribution in [3.8, 4) is 0 Å². The van der Waals surface area contributed by atoms with Gasteiger partial charge in [0.25, 0.3) is 0 Å². The number of anilines is 1. The Hall–Kier alpha value is -0.100. The molecule has 3 heterocycles. The first kappa shape index (κ1) is 19.2. The summed E-state index contributed by atoms with van der Waals surface area (Å²) in [6.07, 6.45) is 1.22. The topological polar surface area (TPSA) is 9.72 Å². The summed E-state index contributed by atoms with van der Waals surface area (Å²) in [5.41, 5.74) is 1.77. The number of likely N-dealkylation sites (tertiary alicyclic amines) is 2. The van der Waals surface area contributed by atoms with E-state index in [2.05, 4.69) is 112 Å². The molecule has 3 aliphatic heterocycles. The molecule has 5 heteroatoms. The van der Waals surface area contributed by atoms with Gasteiger partial charge >= 0.3 is 0 Å². The second-order valence-electron chi connectivity index (χ2n) is 9.16. The van der Waals surface area contributed by atoms with E-state index in [0.29, 0.717) is 27.9 Å². The van der Waals surface area contributed by atoms with Crippen LogP contribution >= 0.6 is 31.9 Å². The van der Waals surface area contributed by atoms with Crippen LogP contribution in [0.15, 0.2) is 30.3 Å². The van der Waals surface area contributed by atoms with E-state index in [4.69, 9.17) is 0 Å². The third kappa shape index (κ3) is 2.36. The molecule has 3 fully saturated rings. The van der Waals surface area contributed by atoms with Crippen molar-refractivity contribution < 1.29 is 0 Å². The minimum absolute atomic E-state index is 0.177. The number of benzene rings is 1. The Morgan fingerprint density at radius 3 is 2.35 bits per heavy atom. The first-order valence-electron chi connectivity index (χ1n) is 9.75. The van der Waals surface area contributed by atoms with Crippen LogP contribution in [-0.2, 0) is 0 Å². The highest BCUT2D eigenvalue weighted by Crippen LogP contribution is 2.65. The first-order valence-corrected chi connectivity index (χ1v) is 11.6. The maximum Gasteiger partial charge on any atom is 0.0733 e. The van der Waals surface area contributed by atoms with Crippen LogP contribution in [0.3, 0.4) is 0 Å². The van der Waals surface area contributed by atoms with Gasteiger partial charge in [0.15, 0.2) is 0 Å². The van der Waals surface area contributed by atoms with Gasteiger partial charge in [0.1, 0.15) is 0 Å². The Bertz CT molecular complexity index is 670. The van der Waals surface area contributed by atoms with Gasteiger partial charge in [0, 0.05) is 47.6 Å². The highest BCUT2D eigenvalue weighted by Gasteiger charge is 2.70. The molecule has 4 rings (SSSR count). The van der Waals surface area contributed by atoms with Crippen LogP contribution in [0.25, 0.3) is 0 Å². The zero-order valence-corrected chi connectivity index (χ0v) is 19.7. The molecular formula is C21H31Br2N3. The second kappa shape index (κ2) is 6.47. The molecule has 0 N–H and O–H groups in total. The molecule has 0 spiro atoms. The van der Waals surface area contributed by atoms with Gasteiger partial charge in [-0.2, -0.15) is 0 Å². The predicted octanol–water partition coefficient (Wildman–Crippen LogP) is 4.62. The molecule has 26 heavy (non-hydrogen) atoms. The van der Waals surface area contributed by atoms with Crippen LogP contribution in [0, 0.1) is 16.7 Å². The first-order chi connectivity index (χ1) is 12.2. The van der Waals surface area contributed by atoms with Crippen molar-refractivity contribution in [2.45, 2.75) is 49.2 Å². The van der Waals surface area contributed by atoms with Crippen molar-refractivity contribution in [3.63, 3.8) is 0 Å². The summed E-state index contributed by atoms with van der Waals surface area (Å²) in [5.74, 6) is 0.548. The number of alkyl halides is 2. The molecule has 144 valence electrons. The monoisotopic (exact) mass is 483 g/mol. The largest absolute Gasteiger partial charge is 0.364 e. The average Bonchev–Trinajstić information content (AvgIpc) is 2.83. The zero-order valence-electron chi connectivity index (χ0n) is 16.5. The fourth-order valence-electron chi connectivity index (χ4n) is 6.45. The average molecular weight is 485 g/mol. The van der Waals surface area contributed by atoms with Gasteiger partial charge in [0.05, 0.1) is 9.90 Å². The SMILES string of the molecule is CC1C(Br)N(C)CC2(C)C1N(c1ccccc1)C1CCN(C)C(Br)C12C. The highest BCUT2D eigenvalue weighted by atomic mass is 79.9. The molecule has 3 nitrogen and oxygen atoms in total. The molecule has 3 aliphatic rings. The minimum Gasteiger partial charge on any atom is -0.364 e. The Kier molecular flexibility index (Phi) is 4.78. The lowest BCUT2D eigenvalue weighted by molar-refractivity contribution is -0.0493. The molecule has 7 atom stereocenters. The Morgan fingerprint density at radius 2 is 1.69 bits per heavy atom. The molecule has 1 aromatic rings. The van der Waals surface area contributed by atoms with Crippen LogP contribution < -0.4 is 4.90 Å². The predicted molar refractivity (Wildman–Crippen MR) is 117 cm³/mol. The Balaban J connectivity index is 1.91. The zero-order chi connectivity index (χ0) is 18.9. The number of para-hydroxylation sites is 1. The smallest absolute Gasteiger partial charge is 0.0733 e. The van der Waals surface area contributed by atoms with Crippen LogP contribution in [0.5, 0.6) is 0 Å². The van der Waals surface area contributed by atoms with Crippen molar-refractivity contribution in [3.05, 3.63) is 30.3 Å². The summed E-state index contributed by atoms with van der Waals surface area (Å²) in [6, 6.07) is 12.2. The summed E-state index contributed by atoms with van der Waals surface area (Å²) < 4.78 is 0. The summed E-state index contributed by atoms with van der Waals surface area (Å²) >= 11 is 8.14. The number of fused-ring (bicyclic) bond motifs is 3. The number of nitrogens with zero attached hydrogens (tertiary/aromatic N) is 3. The molecule has 3 saturated heterocycles. The summed E-state index contributed by atoms with van der Waals surface area (Å²) in [4.78, 5) is 8.64. The van der Waals surface area contributed by atoms with Gasteiger partial charge in [0.2, 0.25) is 0 Å². The van der Waals surface area contributed by atoms with Crippen molar-refractivity contribution in [1.82, 2.24) is 9.80 Å². The molecule has 0 aromatic heterocycles. The summed E-state index contributed by atoms with van der Waals surface area (Å²) in [6.45, 7) is 9.78. The molecule has 0 aliphatic carbocycles. The highest BCUT2D eigenvalue weighted by molar-refractivity contribution is 9.09. The van der Waals surface area contributed by atoms with Crippen molar-refractivity contribution in [2.75, 3.05) is 32.1 Å². The van der Waals surface area contributed by atoms with Crippen LogP contribution in [-0.4, -0.2) is 59.0 Å². The van der Waals surface area contributed by atoms with Crippen molar-refractivity contribution in [1.29, 1.82) is 0 Å². The molecule has 0 saturated carbocycles. The van der Waals surface area contributed by atoms with Crippen LogP contribution in [0.2, 0.25) is 0 Å². The summed E-state index contributed by atoms with van der Waals surface area (Å²) in [7, 11) is 4.55. The molecule has 1 aromatic carbocycles. The fourth-order valence-corrected chi connectivity index (χ4v) is 7.92. The number of piperidine rings is 2. The minimum atomic E-state index is 0.177. The molecule has 7 unspecified atom stereocenters. The lowest BCUT2D eigenvalue weighted by Gasteiger charge is -2.57. The Morgan fingerprint density at radius 1 is 1.04 bits per heavy atom. The normalized spacial score (nSPS) is 46.9. The van der Waals surface area contributed by atoms with Crippen LogP contribution in [0.4, 0.5) is 5.69 Å². The van der Waals surface area contributed by atoms with Gasteiger partial charge < -0.3 is 4.90 Å². The fraction of sp³-hybridized carbons (Fsp3) is 0.714. The Labute approximate surface area is 175 Å². The number of hydrogen-bond acceptors (Lipinski definition) is 3. The molecule has 0 radical (unpaired) electrons. The van der Waals surface area contributed by atoms with E-state index in [1.807, 2.05) is 0 Å². The number of rotatable bonds is 1. The molecule has 0 amide bonds.